The molecule has 5 aliphatic rings. The van der Waals surface area contributed by atoms with Gasteiger partial charge in [0.2, 0.25) is 0 Å². The van der Waals surface area contributed by atoms with Gasteiger partial charge in [0.1, 0.15) is 5.71 Å². The van der Waals surface area contributed by atoms with Gasteiger partial charge in [-0.1, -0.05) is 30.7 Å². The average molecular weight is 557 g/mol. The number of aliphatic hydroxyl groups is 1. The second-order valence-corrected chi connectivity index (χ2v) is 14.4. The molecule has 4 aliphatic carbocycles. The number of carbonyl (C=O) groups excluding carboxylic acids is 1. The van der Waals surface area contributed by atoms with Crippen molar-refractivity contribution in [3.63, 3.8) is 0 Å². The highest BCUT2D eigenvalue weighted by Crippen LogP contribution is 2.66. The van der Waals surface area contributed by atoms with Crippen LogP contribution in [0.25, 0.3) is 0 Å². The number of ether oxygens (including phenoxy) is 1. The summed E-state index contributed by atoms with van der Waals surface area (Å²) in [5.74, 6) is 0.483. The van der Waals surface area contributed by atoms with Crippen molar-refractivity contribution in [3.8, 4) is 0 Å². The van der Waals surface area contributed by atoms with E-state index in [2.05, 4.69) is 36.5 Å². The van der Waals surface area contributed by atoms with Crippen LogP contribution in [0.4, 0.5) is 0 Å². The van der Waals surface area contributed by atoms with Gasteiger partial charge in [-0.05, 0) is 113 Å². The SMILES string of the molecule is CC1(C)C[C@H]([C@H](CC(=O)O)NC(=O)CO/N=C2/C=C[C@@]3(C)C(=C2)CC[C@@H]2[C@H]4CC[C@](C)(O)[C@@]4(C)CC[C@@H]23)CCO1. The van der Waals surface area contributed by atoms with Gasteiger partial charge in [-0.15, -0.1) is 0 Å². The summed E-state index contributed by atoms with van der Waals surface area (Å²) in [7, 11) is 0. The van der Waals surface area contributed by atoms with Crippen molar-refractivity contribution in [1.29, 1.82) is 0 Å². The Morgan fingerprint density at radius 3 is 2.60 bits per heavy atom. The Morgan fingerprint density at radius 1 is 1.12 bits per heavy atom. The number of aliphatic carboxylic acids is 1. The van der Waals surface area contributed by atoms with Crippen molar-refractivity contribution in [2.45, 2.75) is 110 Å². The van der Waals surface area contributed by atoms with E-state index in [1.807, 2.05) is 26.8 Å². The predicted octanol–water partition coefficient (Wildman–Crippen LogP) is 5.01. The van der Waals surface area contributed by atoms with Crippen LogP contribution in [0.5, 0.6) is 0 Å². The van der Waals surface area contributed by atoms with Gasteiger partial charge in [0.25, 0.3) is 5.91 Å². The van der Waals surface area contributed by atoms with Crippen molar-refractivity contribution in [2.24, 2.45) is 39.7 Å². The van der Waals surface area contributed by atoms with Gasteiger partial charge in [0, 0.05) is 18.1 Å². The number of rotatable bonds is 7. The zero-order chi connectivity index (χ0) is 28.9. The van der Waals surface area contributed by atoms with E-state index < -0.39 is 17.6 Å². The van der Waals surface area contributed by atoms with Crippen LogP contribution in [0.15, 0.2) is 29.0 Å². The molecule has 0 bridgehead atoms. The number of carboxylic acids is 1. The lowest BCUT2D eigenvalue weighted by Gasteiger charge is -2.58. The minimum absolute atomic E-state index is 0.00952. The van der Waals surface area contributed by atoms with Crippen molar-refractivity contribution in [2.75, 3.05) is 13.2 Å². The number of hydrogen-bond acceptors (Lipinski definition) is 6. The monoisotopic (exact) mass is 556 g/mol. The molecule has 40 heavy (non-hydrogen) atoms. The van der Waals surface area contributed by atoms with E-state index in [0.29, 0.717) is 42.9 Å². The molecule has 222 valence electrons. The van der Waals surface area contributed by atoms with Crippen molar-refractivity contribution >= 4 is 17.6 Å². The highest BCUT2D eigenvalue weighted by Gasteiger charge is 2.62. The Kier molecular flexibility index (Phi) is 7.75. The van der Waals surface area contributed by atoms with Crippen molar-refractivity contribution in [1.82, 2.24) is 5.32 Å². The molecule has 4 fully saturated rings. The third kappa shape index (κ3) is 5.38. The van der Waals surface area contributed by atoms with Gasteiger partial charge >= 0.3 is 5.97 Å². The predicted molar refractivity (Wildman–Crippen MR) is 153 cm³/mol. The largest absolute Gasteiger partial charge is 0.481 e. The number of nitrogens with zero attached hydrogens (tertiary/aromatic N) is 1. The van der Waals surface area contributed by atoms with E-state index in [9.17, 15) is 19.8 Å². The number of amides is 1. The fraction of sp³-hybridized carbons (Fsp3) is 0.781. The van der Waals surface area contributed by atoms with Gasteiger partial charge in [-0.2, -0.15) is 0 Å². The molecule has 0 aromatic heterocycles. The molecule has 1 saturated heterocycles. The van der Waals surface area contributed by atoms with E-state index in [1.54, 1.807) is 0 Å². The molecule has 1 heterocycles. The molecule has 0 aromatic carbocycles. The quantitative estimate of drug-likeness (QED) is 0.380. The molecular formula is C32H48N2O6. The molecule has 8 nitrogen and oxygen atoms in total. The van der Waals surface area contributed by atoms with Crippen LogP contribution in [0, 0.1) is 34.5 Å². The number of nitrogens with one attached hydrogen (secondary N) is 1. The molecule has 8 heteroatoms. The summed E-state index contributed by atoms with van der Waals surface area (Å²) in [6.45, 7) is 11.0. The van der Waals surface area contributed by atoms with Crippen LogP contribution >= 0.6 is 0 Å². The lowest BCUT2D eigenvalue weighted by molar-refractivity contribution is -0.139. The first-order chi connectivity index (χ1) is 18.7. The minimum Gasteiger partial charge on any atom is -0.481 e. The maximum atomic E-state index is 12.7. The third-order valence-corrected chi connectivity index (χ3v) is 11.5. The lowest BCUT2D eigenvalue weighted by atomic mass is 9.47. The fourth-order valence-electron chi connectivity index (χ4n) is 9.07. The molecule has 0 aromatic rings. The molecule has 1 aliphatic heterocycles. The van der Waals surface area contributed by atoms with Gasteiger partial charge in [-0.25, -0.2) is 0 Å². The van der Waals surface area contributed by atoms with E-state index in [4.69, 9.17) is 9.57 Å². The summed E-state index contributed by atoms with van der Waals surface area (Å²) in [5, 5.41) is 27.7. The highest BCUT2D eigenvalue weighted by molar-refractivity contribution is 6.05. The van der Waals surface area contributed by atoms with Crippen molar-refractivity contribution < 1.29 is 29.4 Å². The molecule has 1 amide bonds. The summed E-state index contributed by atoms with van der Waals surface area (Å²) in [6.07, 6.45) is 14.0. The third-order valence-electron chi connectivity index (χ3n) is 11.5. The van der Waals surface area contributed by atoms with Crippen LogP contribution in [-0.4, -0.2) is 58.3 Å². The Hall–Kier alpha value is -2.19. The maximum Gasteiger partial charge on any atom is 0.305 e. The normalized spacial score (nSPS) is 41.8. The molecule has 0 unspecified atom stereocenters. The van der Waals surface area contributed by atoms with Gasteiger partial charge < -0.3 is 25.1 Å². The van der Waals surface area contributed by atoms with E-state index in [1.165, 1.54) is 5.57 Å². The van der Waals surface area contributed by atoms with Gasteiger partial charge in [0.05, 0.1) is 17.6 Å². The summed E-state index contributed by atoms with van der Waals surface area (Å²) >= 11 is 0. The number of allylic oxidation sites excluding steroid dienone is 4. The standard InChI is InChI=1S/C32H48N2O6/c1-29(2)18-20(11-15-39-29)26(17-28(36)37)33-27(35)19-40-34-22-8-12-30(3)21(16-22)6-7-23-24(30)9-13-31(4)25(23)10-14-32(31,5)38/h8,12,16,20,23-26,38H,6-7,9-11,13-15,17-19H2,1-5H3,(H,33,35)(H,36,37)/b34-22-/t20-,23+,24+,25-,26+,30+,31+,32+/m1/s1. The van der Waals surface area contributed by atoms with E-state index in [0.717, 1.165) is 38.5 Å². The van der Waals surface area contributed by atoms with Crippen LogP contribution in [-0.2, 0) is 19.2 Å². The summed E-state index contributed by atoms with van der Waals surface area (Å²) in [6, 6.07) is -0.474. The van der Waals surface area contributed by atoms with E-state index >= 15 is 0 Å². The fourth-order valence-corrected chi connectivity index (χ4v) is 9.07. The first-order valence-electron chi connectivity index (χ1n) is 15.2. The maximum absolute atomic E-state index is 12.7. The van der Waals surface area contributed by atoms with Crippen molar-refractivity contribution in [3.05, 3.63) is 23.8 Å². The molecule has 8 atom stereocenters. The number of carbonyl (C=O) groups is 2. The second-order valence-electron chi connectivity index (χ2n) is 14.4. The molecular weight excluding hydrogens is 508 g/mol. The Balaban J connectivity index is 1.19. The Morgan fingerprint density at radius 2 is 1.88 bits per heavy atom. The van der Waals surface area contributed by atoms with Gasteiger partial charge in [0.15, 0.2) is 6.61 Å². The Bertz CT molecular complexity index is 1110. The molecule has 3 N–H and O–H groups in total. The zero-order valence-electron chi connectivity index (χ0n) is 24.9. The number of hydrogen-bond donors (Lipinski definition) is 3. The van der Waals surface area contributed by atoms with Crippen LogP contribution in [0.1, 0.15) is 92.4 Å². The second kappa shape index (κ2) is 10.6. The lowest BCUT2D eigenvalue weighted by Crippen LogP contribution is -2.53. The van der Waals surface area contributed by atoms with Crippen LogP contribution in [0.2, 0.25) is 0 Å². The molecule has 0 spiro atoms. The topological polar surface area (TPSA) is 117 Å². The first-order valence-corrected chi connectivity index (χ1v) is 15.2. The summed E-state index contributed by atoms with van der Waals surface area (Å²) in [5.41, 5.74) is 1.17. The molecule has 5 rings (SSSR count). The smallest absolute Gasteiger partial charge is 0.305 e. The summed E-state index contributed by atoms with van der Waals surface area (Å²) in [4.78, 5) is 29.6. The first kappa shape index (κ1) is 29.3. The number of carboxylic acid groups (broad SMARTS) is 1. The highest BCUT2D eigenvalue weighted by atomic mass is 16.6. The number of fused-ring (bicyclic) bond motifs is 5. The van der Waals surface area contributed by atoms with Gasteiger partial charge in [-0.3, -0.25) is 9.59 Å². The minimum atomic E-state index is -0.937. The average Bonchev–Trinajstić information content (AvgIpc) is 3.11. The molecule has 0 radical (unpaired) electrons. The zero-order valence-corrected chi connectivity index (χ0v) is 24.9. The Labute approximate surface area is 238 Å². The van der Waals surface area contributed by atoms with Crippen LogP contribution < -0.4 is 5.32 Å². The molecule has 3 saturated carbocycles. The van der Waals surface area contributed by atoms with Crippen LogP contribution in [0.3, 0.4) is 0 Å². The summed E-state index contributed by atoms with van der Waals surface area (Å²) < 4.78 is 5.77. The van der Waals surface area contributed by atoms with E-state index in [-0.39, 0.29) is 41.3 Å². The number of oxime groups is 1.